The van der Waals surface area contributed by atoms with E-state index in [0.29, 0.717) is 6.54 Å². The SMILES string of the molecule is CC(N)c1cccn1Cc1cccc(F)c1. The monoisotopic (exact) mass is 218 g/mol. The van der Waals surface area contributed by atoms with E-state index in [4.69, 9.17) is 5.73 Å². The summed E-state index contributed by atoms with van der Waals surface area (Å²) in [6.07, 6.45) is 1.96. The van der Waals surface area contributed by atoms with Crippen molar-refractivity contribution >= 4 is 0 Å². The van der Waals surface area contributed by atoms with E-state index in [1.54, 1.807) is 12.1 Å². The molecule has 2 aromatic rings. The molecule has 0 aliphatic heterocycles. The Morgan fingerprint density at radius 2 is 2.12 bits per heavy atom. The fraction of sp³-hybridized carbons (Fsp3) is 0.231. The van der Waals surface area contributed by atoms with Gasteiger partial charge in [-0.2, -0.15) is 0 Å². The van der Waals surface area contributed by atoms with E-state index in [1.807, 2.05) is 35.9 Å². The molecule has 0 bridgehead atoms. The summed E-state index contributed by atoms with van der Waals surface area (Å²) in [5.74, 6) is -0.202. The van der Waals surface area contributed by atoms with Gasteiger partial charge in [-0.15, -0.1) is 0 Å². The molecule has 2 rings (SSSR count). The second kappa shape index (κ2) is 4.49. The van der Waals surface area contributed by atoms with Gasteiger partial charge in [0.15, 0.2) is 0 Å². The molecule has 16 heavy (non-hydrogen) atoms. The Bertz CT molecular complexity index is 474. The highest BCUT2D eigenvalue weighted by atomic mass is 19.1. The Kier molecular flexibility index (Phi) is 3.06. The van der Waals surface area contributed by atoms with Gasteiger partial charge in [0, 0.05) is 24.5 Å². The van der Waals surface area contributed by atoms with Gasteiger partial charge in [0.2, 0.25) is 0 Å². The van der Waals surface area contributed by atoms with Crippen molar-refractivity contribution < 1.29 is 4.39 Å². The summed E-state index contributed by atoms with van der Waals surface area (Å²) in [5, 5.41) is 0. The van der Waals surface area contributed by atoms with Crippen molar-refractivity contribution in [3.8, 4) is 0 Å². The lowest BCUT2D eigenvalue weighted by molar-refractivity contribution is 0.620. The van der Waals surface area contributed by atoms with Crippen LogP contribution in [0.2, 0.25) is 0 Å². The van der Waals surface area contributed by atoms with E-state index in [9.17, 15) is 4.39 Å². The average molecular weight is 218 g/mol. The third-order valence-corrected chi connectivity index (χ3v) is 2.57. The van der Waals surface area contributed by atoms with Crippen molar-refractivity contribution in [3.63, 3.8) is 0 Å². The third kappa shape index (κ3) is 2.31. The highest BCUT2D eigenvalue weighted by Gasteiger charge is 2.05. The molecule has 1 aromatic heterocycles. The molecular formula is C13H15FN2. The van der Waals surface area contributed by atoms with Crippen LogP contribution in [0.15, 0.2) is 42.6 Å². The number of nitrogens with two attached hydrogens (primary N) is 1. The van der Waals surface area contributed by atoms with Crippen LogP contribution >= 0.6 is 0 Å². The summed E-state index contributed by atoms with van der Waals surface area (Å²) in [6, 6.07) is 10.6. The van der Waals surface area contributed by atoms with Gasteiger partial charge in [-0.05, 0) is 36.8 Å². The van der Waals surface area contributed by atoms with Gasteiger partial charge < -0.3 is 10.3 Å². The number of halogens is 1. The number of rotatable bonds is 3. The van der Waals surface area contributed by atoms with Gasteiger partial charge >= 0.3 is 0 Å². The van der Waals surface area contributed by atoms with Crippen LogP contribution < -0.4 is 5.73 Å². The van der Waals surface area contributed by atoms with Crippen LogP contribution in [0.25, 0.3) is 0 Å². The van der Waals surface area contributed by atoms with Crippen LogP contribution in [0.4, 0.5) is 4.39 Å². The number of hydrogen-bond donors (Lipinski definition) is 1. The fourth-order valence-corrected chi connectivity index (χ4v) is 1.82. The van der Waals surface area contributed by atoms with Gasteiger partial charge in [-0.1, -0.05) is 12.1 Å². The maximum absolute atomic E-state index is 13.0. The molecule has 0 amide bonds. The second-order valence-electron chi connectivity index (χ2n) is 3.98. The third-order valence-electron chi connectivity index (χ3n) is 2.57. The number of aromatic nitrogens is 1. The predicted octanol–water partition coefficient (Wildman–Crippen LogP) is 2.70. The molecule has 1 atom stereocenters. The highest BCUT2D eigenvalue weighted by molar-refractivity contribution is 5.19. The van der Waals surface area contributed by atoms with Crippen LogP contribution in [0.5, 0.6) is 0 Å². The van der Waals surface area contributed by atoms with Crippen molar-refractivity contribution in [2.75, 3.05) is 0 Å². The second-order valence-corrected chi connectivity index (χ2v) is 3.98. The Hall–Kier alpha value is -1.61. The molecule has 1 heterocycles. The molecule has 0 radical (unpaired) electrons. The lowest BCUT2D eigenvalue weighted by atomic mass is 10.2. The van der Waals surface area contributed by atoms with Gasteiger partial charge in [0.25, 0.3) is 0 Å². The molecule has 0 aliphatic rings. The first-order chi connectivity index (χ1) is 7.66. The van der Waals surface area contributed by atoms with Crippen LogP contribution in [0.1, 0.15) is 24.2 Å². The highest BCUT2D eigenvalue weighted by Crippen LogP contribution is 2.13. The van der Waals surface area contributed by atoms with Gasteiger partial charge in [-0.3, -0.25) is 0 Å². The first-order valence-corrected chi connectivity index (χ1v) is 5.32. The smallest absolute Gasteiger partial charge is 0.123 e. The molecule has 0 saturated heterocycles. The Labute approximate surface area is 94.5 Å². The molecule has 0 fully saturated rings. The zero-order valence-electron chi connectivity index (χ0n) is 9.23. The van der Waals surface area contributed by atoms with Crippen LogP contribution in [-0.4, -0.2) is 4.57 Å². The standard InChI is InChI=1S/C13H15FN2/c1-10(15)13-6-3-7-16(13)9-11-4-2-5-12(14)8-11/h2-8,10H,9,15H2,1H3. The normalized spacial score (nSPS) is 12.7. The van der Waals surface area contributed by atoms with E-state index in [1.165, 1.54) is 6.07 Å². The fourth-order valence-electron chi connectivity index (χ4n) is 1.82. The summed E-state index contributed by atoms with van der Waals surface area (Å²) in [7, 11) is 0. The van der Waals surface area contributed by atoms with E-state index in [-0.39, 0.29) is 11.9 Å². The van der Waals surface area contributed by atoms with E-state index in [0.717, 1.165) is 11.3 Å². The minimum atomic E-state index is -0.202. The van der Waals surface area contributed by atoms with Crippen molar-refractivity contribution in [1.82, 2.24) is 4.57 Å². The summed E-state index contributed by atoms with van der Waals surface area (Å²) >= 11 is 0. The Balaban J connectivity index is 2.24. The predicted molar refractivity (Wildman–Crippen MR) is 62.5 cm³/mol. The number of hydrogen-bond acceptors (Lipinski definition) is 1. The lowest BCUT2D eigenvalue weighted by Crippen LogP contribution is -2.12. The molecule has 2 N–H and O–H groups in total. The minimum absolute atomic E-state index is 0.0106. The van der Waals surface area contributed by atoms with Crippen molar-refractivity contribution in [2.24, 2.45) is 5.73 Å². The lowest BCUT2D eigenvalue weighted by Gasteiger charge is -2.12. The zero-order valence-corrected chi connectivity index (χ0v) is 9.23. The zero-order chi connectivity index (χ0) is 11.5. The molecule has 0 aliphatic carbocycles. The molecule has 3 heteroatoms. The van der Waals surface area contributed by atoms with Gasteiger partial charge in [0.1, 0.15) is 5.82 Å². The summed E-state index contributed by atoms with van der Waals surface area (Å²) in [6.45, 7) is 2.60. The Morgan fingerprint density at radius 3 is 2.81 bits per heavy atom. The summed E-state index contributed by atoms with van der Waals surface area (Å²) in [5.41, 5.74) is 7.85. The van der Waals surface area contributed by atoms with Gasteiger partial charge in [-0.25, -0.2) is 4.39 Å². The number of nitrogens with zero attached hydrogens (tertiary/aromatic N) is 1. The van der Waals surface area contributed by atoms with Crippen LogP contribution in [0, 0.1) is 5.82 Å². The average Bonchev–Trinajstić information content (AvgIpc) is 2.66. The first-order valence-electron chi connectivity index (χ1n) is 5.32. The molecule has 0 spiro atoms. The molecule has 1 aromatic carbocycles. The maximum Gasteiger partial charge on any atom is 0.123 e. The largest absolute Gasteiger partial charge is 0.346 e. The topological polar surface area (TPSA) is 30.9 Å². The van der Waals surface area contributed by atoms with E-state index >= 15 is 0 Å². The van der Waals surface area contributed by atoms with Crippen molar-refractivity contribution in [2.45, 2.75) is 19.5 Å². The molecular weight excluding hydrogens is 203 g/mol. The molecule has 84 valence electrons. The molecule has 0 saturated carbocycles. The van der Waals surface area contributed by atoms with Crippen LogP contribution in [-0.2, 0) is 6.54 Å². The van der Waals surface area contributed by atoms with E-state index < -0.39 is 0 Å². The van der Waals surface area contributed by atoms with E-state index in [2.05, 4.69) is 0 Å². The minimum Gasteiger partial charge on any atom is -0.346 e. The number of benzene rings is 1. The summed E-state index contributed by atoms with van der Waals surface area (Å²) < 4.78 is 15.1. The molecule has 2 nitrogen and oxygen atoms in total. The quantitative estimate of drug-likeness (QED) is 0.843. The van der Waals surface area contributed by atoms with Crippen molar-refractivity contribution in [1.29, 1.82) is 0 Å². The maximum atomic E-state index is 13.0. The van der Waals surface area contributed by atoms with Crippen molar-refractivity contribution in [3.05, 3.63) is 59.7 Å². The molecule has 1 unspecified atom stereocenters. The first kappa shape index (κ1) is 10.9. The van der Waals surface area contributed by atoms with Gasteiger partial charge in [0.05, 0.1) is 0 Å². The Morgan fingerprint density at radius 1 is 1.31 bits per heavy atom. The summed E-state index contributed by atoms with van der Waals surface area (Å²) in [4.78, 5) is 0. The van der Waals surface area contributed by atoms with Crippen LogP contribution in [0.3, 0.4) is 0 Å².